The van der Waals surface area contributed by atoms with Crippen molar-refractivity contribution in [1.82, 2.24) is 30.2 Å². The Hall–Kier alpha value is -2.44. The van der Waals surface area contributed by atoms with Crippen LogP contribution in [-0.4, -0.2) is 123 Å². The minimum atomic E-state index is -5.58. The molecule has 3 rings (SSSR count). The normalized spacial score (nSPS) is 22.2. The molecule has 24 nitrogen and oxygen atoms in total. The standard InChI is InChI=1S/C25H42N7O17P3S/c1-4-5-16(34)31-21-17-22(29-12-28-21)32(13-30-17)24-18(35)19(48-50(38,39)40)14(47-24)10-45-51(41,42)49-52(43,44)46-11-25(2,3)20(36)23(37)27-7-6-15(33)26-8-9-53/h12-14,18-20,24,35-36,53H,4-11H2,1-3H3,(H,26,33)(H,27,37)(H,41,42)(H,43,44)(H2,38,39,40)(H,28,29,31,34)/t14-,18-,19-,20+,24-/m1/s1. The Bertz CT molecular complexity index is 1750. The van der Waals surface area contributed by atoms with Gasteiger partial charge in [0.25, 0.3) is 0 Å². The fourth-order valence-electron chi connectivity index (χ4n) is 4.63. The summed E-state index contributed by atoms with van der Waals surface area (Å²) >= 11 is 3.95. The lowest BCUT2D eigenvalue weighted by molar-refractivity contribution is -0.137. The fraction of sp³-hybridized carbons (Fsp3) is 0.680. The summed E-state index contributed by atoms with van der Waals surface area (Å²) < 4.78 is 62.2. The predicted molar refractivity (Wildman–Crippen MR) is 183 cm³/mol. The minimum Gasteiger partial charge on any atom is -0.386 e. The van der Waals surface area contributed by atoms with Crippen molar-refractivity contribution < 1.29 is 80.5 Å². The number of carbonyl (C=O) groups is 3. The molecule has 1 saturated heterocycles. The highest BCUT2D eigenvalue weighted by Crippen LogP contribution is 2.61. The maximum Gasteiger partial charge on any atom is 0.481 e. The van der Waals surface area contributed by atoms with Gasteiger partial charge in [0.15, 0.2) is 23.2 Å². The number of carbonyl (C=O) groups excluding carboxylic acids is 3. The van der Waals surface area contributed by atoms with Crippen LogP contribution < -0.4 is 16.0 Å². The molecular formula is C25H42N7O17P3S. The van der Waals surface area contributed by atoms with Crippen molar-refractivity contribution in [3.8, 4) is 0 Å². The number of rotatable bonds is 21. The number of amides is 3. The van der Waals surface area contributed by atoms with Gasteiger partial charge in [-0.25, -0.2) is 28.6 Å². The topological polar surface area (TPSA) is 350 Å². The molecule has 1 aliphatic rings. The monoisotopic (exact) mass is 837 g/mol. The second kappa shape index (κ2) is 18.9. The molecule has 2 aromatic heterocycles. The van der Waals surface area contributed by atoms with Crippen molar-refractivity contribution in [1.29, 1.82) is 0 Å². The molecule has 7 atom stereocenters. The van der Waals surface area contributed by atoms with Gasteiger partial charge in [0, 0.05) is 37.1 Å². The molecular weight excluding hydrogens is 795 g/mol. The maximum absolute atomic E-state index is 12.7. The Balaban J connectivity index is 1.66. The van der Waals surface area contributed by atoms with E-state index in [2.05, 4.69) is 52.4 Å². The Morgan fingerprint density at radius 3 is 2.34 bits per heavy atom. The van der Waals surface area contributed by atoms with Crippen molar-refractivity contribution in [3.05, 3.63) is 12.7 Å². The molecule has 0 saturated carbocycles. The molecule has 2 unspecified atom stereocenters. The van der Waals surface area contributed by atoms with Crippen LogP contribution in [0.5, 0.6) is 0 Å². The number of fused-ring (bicyclic) bond motifs is 1. The first-order valence-electron chi connectivity index (χ1n) is 15.6. The van der Waals surface area contributed by atoms with Gasteiger partial charge in [0.2, 0.25) is 17.7 Å². The summed E-state index contributed by atoms with van der Waals surface area (Å²) in [5.41, 5.74) is -1.56. The highest BCUT2D eigenvalue weighted by Gasteiger charge is 2.50. The first-order valence-corrected chi connectivity index (χ1v) is 20.8. The van der Waals surface area contributed by atoms with E-state index >= 15 is 0 Å². The number of phosphoric acid groups is 3. The minimum absolute atomic E-state index is 0.0132. The number of hydrogen-bond acceptors (Lipinski definition) is 17. The van der Waals surface area contributed by atoms with Crippen LogP contribution in [0.3, 0.4) is 0 Å². The van der Waals surface area contributed by atoms with Crippen LogP contribution in [0.4, 0.5) is 5.82 Å². The molecule has 1 aliphatic heterocycles. The third-order valence-electron chi connectivity index (χ3n) is 7.22. The van der Waals surface area contributed by atoms with Crippen molar-refractivity contribution >= 4 is 70.8 Å². The molecule has 1 fully saturated rings. The average Bonchev–Trinajstić information content (AvgIpc) is 3.61. The molecule has 0 radical (unpaired) electrons. The summed E-state index contributed by atoms with van der Waals surface area (Å²) in [5.74, 6) is -1.29. The SMILES string of the molecule is CCCC(=O)Nc1ncnc2c1ncn2[C@@H]1O[C@H](COP(=O)(O)OP(=O)(O)OCC(C)(C)[C@@H](O)C(=O)NCCC(=O)NCCS)[C@@H](OP(=O)(O)O)[C@H]1O. The number of hydrogen-bond donors (Lipinski definition) is 10. The lowest BCUT2D eigenvalue weighted by Crippen LogP contribution is -2.46. The molecule has 300 valence electrons. The lowest BCUT2D eigenvalue weighted by Gasteiger charge is -2.30. The number of aromatic nitrogens is 4. The van der Waals surface area contributed by atoms with Gasteiger partial charge in [-0.1, -0.05) is 20.8 Å². The van der Waals surface area contributed by atoms with Crippen molar-refractivity contribution in [2.75, 3.05) is 37.4 Å². The lowest BCUT2D eigenvalue weighted by atomic mass is 9.87. The Morgan fingerprint density at radius 1 is 1.02 bits per heavy atom. The number of phosphoric ester groups is 3. The summed E-state index contributed by atoms with van der Waals surface area (Å²) in [5, 5.41) is 28.9. The Labute approximate surface area is 307 Å². The van der Waals surface area contributed by atoms with Crippen molar-refractivity contribution in [2.24, 2.45) is 5.41 Å². The first kappa shape index (κ1) is 45.0. The van der Waals surface area contributed by atoms with Crippen LogP contribution >= 0.6 is 36.1 Å². The van der Waals surface area contributed by atoms with E-state index in [1.165, 1.54) is 13.8 Å². The highest BCUT2D eigenvalue weighted by molar-refractivity contribution is 7.80. The molecule has 0 bridgehead atoms. The number of nitrogens with zero attached hydrogens (tertiary/aromatic N) is 4. The van der Waals surface area contributed by atoms with Crippen LogP contribution in [0, 0.1) is 5.41 Å². The first-order chi connectivity index (χ1) is 24.6. The summed E-state index contributed by atoms with van der Waals surface area (Å²) in [4.78, 5) is 87.6. The number of aliphatic hydroxyl groups excluding tert-OH is 2. The molecule has 28 heteroatoms. The number of thiol groups is 1. The zero-order chi connectivity index (χ0) is 39.8. The van der Waals surface area contributed by atoms with Crippen molar-refractivity contribution in [2.45, 2.75) is 70.7 Å². The zero-order valence-electron chi connectivity index (χ0n) is 28.5. The molecule has 3 amide bonds. The quantitative estimate of drug-likeness (QED) is 0.0559. The van der Waals surface area contributed by atoms with E-state index in [9.17, 15) is 57.9 Å². The molecule has 0 spiro atoms. The van der Waals surface area contributed by atoms with E-state index < -0.39 is 78.6 Å². The Morgan fingerprint density at radius 2 is 1.70 bits per heavy atom. The molecule has 2 aromatic rings. The molecule has 9 N–H and O–H groups in total. The van der Waals surface area contributed by atoms with E-state index in [4.69, 9.17) is 13.8 Å². The largest absolute Gasteiger partial charge is 0.481 e. The van der Waals surface area contributed by atoms with Gasteiger partial charge in [0.05, 0.1) is 19.5 Å². The van der Waals surface area contributed by atoms with E-state index in [0.29, 0.717) is 18.7 Å². The zero-order valence-corrected chi connectivity index (χ0v) is 32.0. The highest BCUT2D eigenvalue weighted by atomic mass is 32.1. The van der Waals surface area contributed by atoms with Gasteiger partial charge in [-0.15, -0.1) is 0 Å². The summed E-state index contributed by atoms with van der Waals surface area (Å²) in [6.07, 6.45) is -6.27. The van der Waals surface area contributed by atoms with Crippen LogP contribution in [0.25, 0.3) is 11.2 Å². The van der Waals surface area contributed by atoms with Crippen molar-refractivity contribution in [3.63, 3.8) is 0 Å². The average molecular weight is 838 g/mol. The number of ether oxygens (including phenoxy) is 1. The second-order valence-electron chi connectivity index (χ2n) is 12.1. The summed E-state index contributed by atoms with van der Waals surface area (Å²) in [7, 11) is -16.4. The predicted octanol–water partition coefficient (Wildman–Crippen LogP) is -0.509. The molecule has 53 heavy (non-hydrogen) atoms. The molecule has 3 heterocycles. The van der Waals surface area contributed by atoms with E-state index in [-0.39, 0.29) is 48.2 Å². The number of nitrogens with one attached hydrogen (secondary N) is 3. The van der Waals surface area contributed by atoms with Crippen LogP contribution in [0.1, 0.15) is 46.3 Å². The number of imidazole rings is 1. The summed E-state index contributed by atoms with van der Waals surface area (Å²) in [6.45, 7) is 2.44. The van der Waals surface area contributed by atoms with Crippen LogP contribution in [0.2, 0.25) is 0 Å². The smallest absolute Gasteiger partial charge is 0.386 e. The Kier molecular flexibility index (Phi) is 16.1. The number of aliphatic hydroxyl groups is 2. The molecule has 0 aliphatic carbocycles. The van der Waals surface area contributed by atoms with Gasteiger partial charge < -0.3 is 50.5 Å². The van der Waals surface area contributed by atoms with E-state index in [0.717, 1.165) is 17.2 Å². The maximum atomic E-state index is 12.7. The summed E-state index contributed by atoms with van der Waals surface area (Å²) in [6, 6.07) is 0. The second-order valence-corrected chi connectivity index (χ2v) is 16.7. The fourth-order valence-corrected chi connectivity index (χ4v) is 7.57. The third-order valence-corrected chi connectivity index (χ3v) is 10.5. The van der Waals surface area contributed by atoms with Gasteiger partial charge in [-0.05, 0) is 6.42 Å². The number of anilines is 1. The van der Waals surface area contributed by atoms with Crippen LogP contribution in [0.15, 0.2) is 12.7 Å². The van der Waals surface area contributed by atoms with Crippen LogP contribution in [-0.2, 0) is 50.7 Å². The molecule has 0 aromatic carbocycles. The van der Waals surface area contributed by atoms with Gasteiger partial charge in [-0.2, -0.15) is 16.9 Å². The van der Waals surface area contributed by atoms with E-state index in [1.54, 1.807) is 6.92 Å². The van der Waals surface area contributed by atoms with Gasteiger partial charge >= 0.3 is 23.5 Å². The van der Waals surface area contributed by atoms with E-state index in [1.807, 2.05) is 0 Å². The van der Waals surface area contributed by atoms with Gasteiger partial charge in [0.1, 0.15) is 30.7 Å². The van der Waals surface area contributed by atoms with Gasteiger partial charge in [-0.3, -0.25) is 32.5 Å². The third kappa shape index (κ3) is 13.4.